The molecule has 4 atom stereocenters. The van der Waals surface area contributed by atoms with Gasteiger partial charge in [0.05, 0.1) is 18.1 Å². The Morgan fingerprint density at radius 2 is 1.96 bits per heavy atom. The van der Waals surface area contributed by atoms with Crippen molar-refractivity contribution in [3.8, 4) is 0 Å². The van der Waals surface area contributed by atoms with Crippen LogP contribution in [0, 0.1) is 11.8 Å². The van der Waals surface area contributed by atoms with E-state index in [2.05, 4.69) is 13.2 Å². The first kappa shape index (κ1) is 19.2. The molecule has 3 rings (SSSR count). The van der Waals surface area contributed by atoms with E-state index >= 15 is 0 Å². The zero-order valence-electron chi connectivity index (χ0n) is 15.3. The number of hydrogen-bond acceptors (Lipinski definition) is 6. The molecule has 0 aromatic rings. The van der Waals surface area contributed by atoms with Gasteiger partial charge in [-0.3, -0.25) is 4.79 Å². The first-order valence-electron chi connectivity index (χ1n) is 8.97. The highest BCUT2D eigenvalue weighted by Gasteiger charge is 2.61. The van der Waals surface area contributed by atoms with Crippen molar-refractivity contribution in [3.05, 3.63) is 36.6 Å². The lowest BCUT2D eigenvalue weighted by Crippen LogP contribution is -2.64. The van der Waals surface area contributed by atoms with E-state index in [1.54, 1.807) is 6.92 Å². The van der Waals surface area contributed by atoms with Crippen molar-refractivity contribution < 1.29 is 29.0 Å². The number of hydrogen-bond donors (Lipinski definition) is 1. The summed E-state index contributed by atoms with van der Waals surface area (Å²) in [6.45, 7) is 9.37. The Hall–Kier alpha value is -2.61. The van der Waals surface area contributed by atoms with Gasteiger partial charge in [0.1, 0.15) is 18.9 Å². The summed E-state index contributed by atoms with van der Waals surface area (Å²) < 4.78 is 10.2. The standard InChI is InChI=1S/C19H24N2O6/c1-4-8-26-18(24)16-13-10-20(19(25)27-9-5-2)7-6-12(13)15-14(11(3)22)17(23)21(15)16/h4-5,11-12,14-15,22H,1-2,6-10H2,3H3/t11-,12+,14-,15-/m1/s1. The van der Waals surface area contributed by atoms with Gasteiger partial charge < -0.3 is 24.4 Å². The first-order valence-corrected chi connectivity index (χ1v) is 8.97. The highest BCUT2D eigenvalue weighted by Crippen LogP contribution is 2.50. The molecule has 0 spiro atoms. The van der Waals surface area contributed by atoms with Gasteiger partial charge in [-0.1, -0.05) is 25.3 Å². The van der Waals surface area contributed by atoms with Crippen LogP contribution in [0.15, 0.2) is 36.6 Å². The lowest BCUT2D eigenvalue weighted by molar-refractivity contribution is -0.164. The van der Waals surface area contributed by atoms with Crippen LogP contribution in [0.1, 0.15) is 13.3 Å². The van der Waals surface area contributed by atoms with Crippen LogP contribution >= 0.6 is 0 Å². The Bertz CT molecular complexity index is 713. The number of fused-ring (bicyclic) bond motifs is 3. The van der Waals surface area contributed by atoms with Gasteiger partial charge in [0.15, 0.2) is 0 Å². The second kappa shape index (κ2) is 7.56. The fourth-order valence-corrected chi connectivity index (χ4v) is 4.18. The number of rotatable bonds is 6. The zero-order chi connectivity index (χ0) is 19.7. The third-order valence-corrected chi connectivity index (χ3v) is 5.29. The Labute approximate surface area is 157 Å². The molecule has 0 saturated carbocycles. The normalized spacial score (nSPS) is 27.3. The Morgan fingerprint density at radius 1 is 1.30 bits per heavy atom. The Morgan fingerprint density at radius 3 is 2.59 bits per heavy atom. The van der Waals surface area contributed by atoms with Gasteiger partial charge in [-0.25, -0.2) is 9.59 Å². The van der Waals surface area contributed by atoms with Crippen molar-refractivity contribution in [1.29, 1.82) is 0 Å². The molecule has 27 heavy (non-hydrogen) atoms. The monoisotopic (exact) mass is 376 g/mol. The molecule has 0 unspecified atom stereocenters. The average Bonchev–Trinajstić information content (AvgIpc) is 2.93. The molecule has 0 radical (unpaired) electrons. The summed E-state index contributed by atoms with van der Waals surface area (Å²) in [7, 11) is 0. The van der Waals surface area contributed by atoms with Crippen LogP contribution in [-0.2, 0) is 19.1 Å². The van der Waals surface area contributed by atoms with Gasteiger partial charge in [-0.05, 0) is 18.9 Å². The molecule has 8 heteroatoms. The minimum Gasteiger partial charge on any atom is -0.457 e. The topological polar surface area (TPSA) is 96.4 Å². The molecule has 2 fully saturated rings. The van der Waals surface area contributed by atoms with Crippen molar-refractivity contribution >= 4 is 18.0 Å². The maximum Gasteiger partial charge on any atom is 0.410 e. The number of piperidine rings is 1. The molecule has 8 nitrogen and oxygen atoms in total. The van der Waals surface area contributed by atoms with Crippen LogP contribution in [0.3, 0.4) is 0 Å². The minimum atomic E-state index is -0.806. The summed E-state index contributed by atoms with van der Waals surface area (Å²) in [5.41, 5.74) is 0.877. The van der Waals surface area contributed by atoms with E-state index in [4.69, 9.17) is 9.47 Å². The van der Waals surface area contributed by atoms with Crippen molar-refractivity contribution in [2.45, 2.75) is 25.5 Å². The van der Waals surface area contributed by atoms with Gasteiger partial charge in [0.2, 0.25) is 5.91 Å². The molecule has 0 aromatic carbocycles. The van der Waals surface area contributed by atoms with Crippen molar-refractivity contribution in [1.82, 2.24) is 9.80 Å². The van der Waals surface area contributed by atoms with Crippen molar-refractivity contribution in [2.24, 2.45) is 11.8 Å². The molecule has 0 bridgehead atoms. The van der Waals surface area contributed by atoms with E-state index in [0.29, 0.717) is 18.5 Å². The predicted octanol–water partition coefficient (Wildman–Crippen LogP) is 0.836. The number of carbonyl (C=O) groups is 3. The number of carbonyl (C=O) groups excluding carboxylic acids is 3. The summed E-state index contributed by atoms with van der Waals surface area (Å²) in [4.78, 5) is 40.3. The van der Waals surface area contributed by atoms with Gasteiger partial charge in [0.25, 0.3) is 0 Å². The number of β-lactam (4-membered cyclic amide) rings is 1. The molecule has 2 saturated heterocycles. The second-order valence-corrected chi connectivity index (χ2v) is 6.91. The third kappa shape index (κ3) is 3.14. The van der Waals surface area contributed by atoms with E-state index in [9.17, 15) is 19.5 Å². The number of aliphatic hydroxyl groups excluding tert-OH is 1. The second-order valence-electron chi connectivity index (χ2n) is 6.91. The van der Waals surface area contributed by atoms with Crippen LogP contribution in [0.2, 0.25) is 0 Å². The van der Waals surface area contributed by atoms with Gasteiger partial charge in [-0.15, -0.1) is 0 Å². The van der Waals surface area contributed by atoms with E-state index in [1.807, 2.05) is 0 Å². The number of likely N-dealkylation sites (tertiary alicyclic amines) is 1. The van der Waals surface area contributed by atoms with Gasteiger partial charge >= 0.3 is 12.1 Å². The smallest absolute Gasteiger partial charge is 0.410 e. The SMILES string of the molecule is C=CCOC(=O)C1=C2CN(C(=O)OCC=C)CC[C@@H]2[C@@H]2[C@@H]([C@@H](C)O)C(=O)N12. The van der Waals surface area contributed by atoms with E-state index in [-0.39, 0.29) is 43.3 Å². The zero-order valence-corrected chi connectivity index (χ0v) is 15.3. The minimum absolute atomic E-state index is 0.0257. The van der Waals surface area contributed by atoms with Gasteiger partial charge in [-0.2, -0.15) is 0 Å². The third-order valence-electron chi connectivity index (χ3n) is 5.29. The van der Waals surface area contributed by atoms with Crippen LogP contribution in [-0.4, -0.2) is 71.3 Å². The van der Waals surface area contributed by atoms with Gasteiger partial charge in [0, 0.05) is 19.0 Å². The molecule has 0 aliphatic carbocycles. The predicted molar refractivity (Wildman–Crippen MR) is 95.2 cm³/mol. The molecular formula is C19H24N2O6. The van der Waals surface area contributed by atoms with Crippen molar-refractivity contribution in [3.63, 3.8) is 0 Å². The average molecular weight is 376 g/mol. The summed E-state index contributed by atoms with van der Waals surface area (Å²) in [6.07, 6.45) is 2.21. The van der Waals surface area contributed by atoms with E-state index in [1.165, 1.54) is 22.0 Å². The molecule has 3 aliphatic heterocycles. The fourth-order valence-electron chi connectivity index (χ4n) is 4.18. The molecule has 2 amide bonds. The van der Waals surface area contributed by atoms with Crippen LogP contribution in [0.5, 0.6) is 0 Å². The number of nitrogens with zero attached hydrogens (tertiary/aromatic N) is 2. The molecule has 3 aliphatic rings. The molecular weight excluding hydrogens is 352 g/mol. The Kier molecular flexibility index (Phi) is 5.36. The quantitative estimate of drug-likeness (QED) is 0.419. The molecule has 0 aromatic heterocycles. The van der Waals surface area contributed by atoms with E-state index in [0.717, 1.165) is 0 Å². The fraction of sp³-hybridized carbons (Fsp3) is 0.526. The molecule has 1 N–H and O–H groups in total. The number of ether oxygens (including phenoxy) is 2. The van der Waals surface area contributed by atoms with Crippen LogP contribution in [0.25, 0.3) is 0 Å². The number of esters is 1. The van der Waals surface area contributed by atoms with Crippen LogP contribution in [0.4, 0.5) is 4.79 Å². The number of amides is 2. The highest BCUT2D eigenvalue weighted by molar-refractivity contribution is 6.01. The summed E-state index contributed by atoms with van der Waals surface area (Å²) in [5.74, 6) is -1.54. The molecule has 3 heterocycles. The van der Waals surface area contributed by atoms with E-state index < -0.39 is 24.1 Å². The largest absolute Gasteiger partial charge is 0.457 e. The highest BCUT2D eigenvalue weighted by atomic mass is 16.6. The summed E-state index contributed by atoms with van der Waals surface area (Å²) in [6, 6.07) is -0.273. The summed E-state index contributed by atoms with van der Waals surface area (Å²) >= 11 is 0. The molecule has 146 valence electrons. The lowest BCUT2D eigenvalue weighted by atomic mass is 9.74. The van der Waals surface area contributed by atoms with Crippen LogP contribution < -0.4 is 0 Å². The summed E-state index contributed by atoms with van der Waals surface area (Å²) in [5, 5.41) is 9.99. The maximum atomic E-state index is 12.6. The lowest BCUT2D eigenvalue weighted by Gasteiger charge is -2.47. The first-order chi connectivity index (χ1) is 12.9. The maximum absolute atomic E-state index is 12.6. The number of aliphatic hydroxyl groups is 1. The van der Waals surface area contributed by atoms with Crippen molar-refractivity contribution in [2.75, 3.05) is 26.3 Å². The Balaban J connectivity index is 1.88.